The predicted molar refractivity (Wildman–Crippen MR) is 127 cm³/mol. The number of fused-ring (bicyclic) bond motifs is 1. The van der Waals surface area contributed by atoms with Gasteiger partial charge in [0.05, 0.1) is 22.5 Å². The minimum absolute atomic E-state index is 0.0349. The van der Waals surface area contributed by atoms with Crippen LogP contribution in [0, 0.1) is 23.6 Å². The van der Waals surface area contributed by atoms with Crippen LogP contribution in [0.3, 0.4) is 0 Å². The molecule has 0 bridgehead atoms. The fourth-order valence-corrected chi connectivity index (χ4v) is 5.02. The van der Waals surface area contributed by atoms with Gasteiger partial charge < -0.3 is 11.1 Å². The molecule has 3 aromatic heterocycles. The number of aromatic nitrogens is 4. The van der Waals surface area contributed by atoms with E-state index in [-0.39, 0.29) is 34.2 Å². The minimum Gasteiger partial charge on any atom is -0.328 e. The van der Waals surface area contributed by atoms with Crippen molar-refractivity contribution in [3.05, 3.63) is 83.7 Å². The molecule has 0 saturated heterocycles. The van der Waals surface area contributed by atoms with Gasteiger partial charge in [-0.2, -0.15) is 8.78 Å². The largest absolute Gasteiger partial charge is 0.360 e. The molecule has 7 nitrogen and oxygen atoms in total. The summed E-state index contributed by atoms with van der Waals surface area (Å²) in [6, 6.07) is 8.80. The highest BCUT2D eigenvalue weighted by molar-refractivity contribution is 6.12. The van der Waals surface area contributed by atoms with Crippen LogP contribution in [0.2, 0.25) is 0 Å². The van der Waals surface area contributed by atoms with Gasteiger partial charge in [-0.25, -0.2) is 4.39 Å². The molecule has 1 aliphatic rings. The number of benzene rings is 1. The van der Waals surface area contributed by atoms with Crippen molar-refractivity contribution in [3.63, 3.8) is 0 Å². The van der Waals surface area contributed by atoms with Crippen LogP contribution in [0.4, 0.5) is 18.9 Å². The van der Waals surface area contributed by atoms with E-state index in [4.69, 9.17) is 5.73 Å². The SMILES string of the molecule is C[C@@H]1C[C@H](N)C[C@H](c2ccncc2NC(=O)c2ccc(F)c3cc(-[n+]4c(F)cccc4F)nnc23)C1. The molecular formula is C26H24F3N6O+. The standard InChI is InChI=1S/C26H23F3N6O/c1-14-9-15(11-16(30)10-14)17-7-8-31-13-21(17)32-26(36)18-5-6-20(27)19-12-24(33-34-25(18)19)35-22(28)3-2-4-23(35)29/h2-8,12-16H,9-11,30H2,1H3/p+1/t14-,15+,16-/m0/s1. The summed E-state index contributed by atoms with van der Waals surface area (Å²) in [5.74, 6) is -2.74. The number of nitrogens with one attached hydrogen (secondary N) is 1. The molecule has 3 N–H and O–H groups in total. The Balaban J connectivity index is 1.50. The summed E-state index contributed by atoms with van der Waals surface area (Å²) >= 11 is 0. The van der Waals surface area contributed by atoms with E-state index >= 15 is 0 Å². The number of pyridine rings is 2. The smallest absolute Gasteiger partial charge is 0.328 e. The van der Waals surface area contributed by atoms with Crippen molar-refractivity contribution in [1.29, 1.82) is 0 Å². The van der Waals surface area contributed by atoms with Crippen molar-refractivity contribution < 1.29 is 22.5 Å². The third kappa shape index (κ3) is 4.51. The molecule has 0 aliphatic heterocycles. The molecule has 3 heterocycles. The first-order chi connectivity index (χ1) is 17.3. The molecule has 0 radical (unpaired) electrons. The molecule has 1 fully saturated rings. The number of hydrogen-bond acceptors (Lipinski definition) is 5. The van der Waals surface area contributed by atoms with Crippen molar-refractivity contribution in [2.24, 2.45) is 11.7 Å². The molecule has 1 aromatic carbocycles. The Morgan fingerprint density at radius 2 is 1.83 bits per heavy atom. The molecule has 1 aliphatic carbocycles. The van der Waals surface area contributed by atoms with E-state index in [1.165, 1.54) is 12.1 Å². The van der Waals surface area contributed by atoms with E-state index in [1.54, 1.807) is 12.4 Å². The van der Waals surface area contributed by atoms with E-state index in [9.17, 15) is 18.0 Å². The number of hydrogen-bond donors (Lipinski definition) is 2. The monoisotopic (exact) mass is 493 g/mol. The summed E-state index contributed by atoms with van der Waals surface area (Å²) in [4.78, 5) is 17.4. The first kappa shape index (κ1) is 23.8. The average molecular weight is 494 g/mol. The Labute approximate surface area is 205 Å². The maximum Gasteiger partial charge on any atom is 0.360 e. The second-order valence-electron chi connectivity index (χ2n) is 9.25. The Morgan fingerprint density at radius 1 is 1.06 bits per heavy atom. The molecule has 3 atom stereocenters. The van der Waals surface area contributed by atoms with Gasteiger partial charge in [0, 0.05) is 35.8 Å². The maximum atomic E-state index is 14.7. The number of carbonyl (C=O) groups excluding carboxylic acids is 1. The first-order valence-electron chi connectivity index (χ1n) is 11.6. The van der Waals surface area contributed by atoms with Gasteiger partial charge in [-0.1, -0.05) is 6.92 Å². The normalized spacial score (nSPS) is 19.9. The molecule has 1 amide bonds. The lowest BCUT2D eigenvalue weighted by atomic mass is 9.76. The van der Waals surface area contributed by atoms with Crippen LogP contribution in [0.5, 0.6) is 0 Å². The number of amides is 1. The van der Waals surface area contributed by atoms with Crippen LogP contribution in [-0.2, 0) is 0 Å². The number of nitrogens with two attached hydrogens (primary N) is 1. The van der Waals surface area contributed by atoms with Gasteiger partial charge in [-0.3, -0.25) is 9.78 Å². The van der Waals surface area contributed by atoms with Gasteiger partial charge in [0.1, 0.15) is 11.3 Å². The van der Waals surface area contributed by atoms with Crippen LogP contribution in [-0.4, -0.2) is 27.1 Å². The molecule has 10 heteroatoms. The summed E-state index contributed by atoms with van der Waals surface area (Å²) in [6.45, 7) is 2.16. The van der Waals surface area contributed by atoms with E-state index < -0.39 is 23.6 Å². The lowest BCUT2D eigenvalue weighted by Gasteiger charge is -2.32. The second kappa shape index (κ2) is 9.62. The van der Waals surface area contributed by atoms with Crippen LogP contribution in [0.15, 0.2) is 54.9 Å². The van der Waals surface area contributed by atoms with Gasteiger partial charge in [0.25, 0.3) is 17.8 Å². The topological polar surface area (TPSA) is 97.7 Å². The van der Waals surface area contributed by atoms with E-state index in [0.717, 1.165) is 49.1 Å². The van der Waals surface area contributed by atoms with Crippen LogP contribution >= 0.6 is 0 Å². The summed E-state index contributed by atoms with van der Waals surface area (Å²) in [5.41, 5.74) is 7.75. The van der Waals surface area contributed by atoms with Gasteiger partial charge in [-0.15, -0.1) is 4.57 Å². The Kier molecular flexibility index (Phi) is 6.36. The van der Waals surface area contributed by atoms with Gasteiger partial charge >= 0.3 is 5.82 Å². The summed E-state index contributed by atoms with van der Waals surface area (Å²) in [7, 11) is 0. The van der Waals surface area contributed by atoms with Crippen LogP contribution in [0.25, 0.3) is 16.7 Å². The average Bonchev–Trinajstić information content (AvgIpc) is 2.84. The quantitative estimate of drug-likeness (QED) is 0.328. The van der Waals surface area contributed by atoms with Crippen molar-refractivity contribution in [1.82, 2.24) is 15.2 Å². The summed E-state index contributed by atoms with van der Waals surface area (Å²) in [5, 5.41) is 10.6. The van der Waals surface area contributed by atoms with Crippen LogP contribution in [0.1, 0.15) is 48.0 Å². The minimum atomic E-state index is -0.932. The van der Waals surface area contributed by atoms with Crippen molar-refractivity contribution >= 4 is 22.5 Å². The number of nitrogens with zero attached hydrogens (tertiary/aromatic N) is 4. The molecule has 0 unspecified atom stereocenters. The zero-order valence-corrected chi connectivity index (χ0v) is 19.5. The van der Waals surface area contributed by atoms with Gasteiger partial charge in [0.2, 0.25) is 0 Å². The fraction of sp³-hybridized carbons (Fsp3) is 0.269. The Morgan fingerprint density at radius 3 is 2.58 bits per heavy atom. The third-order valence-corrected chi connectivity index (χ3v) is 6.58. The highest BCUT2D eigenvalue weighted by atomic mass is 19.1. The number of carbonyl (C=O) groups is 1. The molecule has 36 heavy (non-hydrogen) atoms. The summed E-state index contributed by atoms with van der Waals surface area (Å²) < 4.78 is 43.7. The van der Waals surface area contributed by atoms with E-state index in [1.807, 2.05) is 6.07 Å². The number of anilines is 1. The zero-order chi connectivity index (χ0) is 25.4. The van der Waals surface area contributed by atoms with E-state index in [2.05, 4.69) is 27.4 Å². The molecule has 5 rings (SSSR count). The number of halogens is 3. The highest BCUT2D eigenvalue weighted by Gasteiger charge is 2.28. The molecule has 4 aromatic rings. The van der Waals surface area contributed by atoms with Crippen LogP contribution < -0.4 is 15.6 Å². The molecular weight excluding hydrogens is 469 g/mol. The van der Waals surface area contributed by atoms with Crippen molar-refractivity contribution in [2.45, 2.75) is 38.1 Å². The summed E-state index contributed by atoms with van der Waals surface area (Å²) in [6.07, 6.45) is 5.95. The van der Waals surface area contributed by atoms with Gasteiger partial charge in [0.15, 0.2) is 0 Å². The maximum absolute atomic E-state index is 14.7. The van der Waals surface area contributed by atoms with Gasteiger partial charge in [-0.05, 0) is 66.0 Å². The highest BCUT2D eigenvalue weighted by Crippen LogP contribution is 2.38. The van der Waals surface area contributed by atoms with Crippen molar-refractivity contribution in [3.8, 4) is 5.82 Å². The Bertz CT molecular complexity index is 1430. The molecule has 184 valence electrons. The van der Waals surface area contributed by atoms with E-state index in [0.29, 0.717) is 16.2 Å². The predicted octanol–water partition coefficient (Wildman–Crippen LogP) is 4.20. The second-order valence-corrected chi connectivity index (χ2v) is 9.25. The fourth-order valence-electron chi connectivity index (χ4n) is 5.02. The molecule has 0 spiro atoms. The first-order valence-corrected chi connectivity index (χ1v) is 11.6. The number of rotatable bonds is 4. The lowest BCUT2D eigenvalue weighted by Crippen LogP contribution is -2.40. The Hall–Kier alpha value is -3.92. The molecule has 1 saturated carbocycles. The van der Waals surface area contributed by atoms with Crippen molar-refractivity contribution in [2.75, 3.05) is 5.32 Å². The lowest BCUT2D eigenvalue weighted by molar-refractivity contribution is -0.661. The third-order valence-electron chi connectivity index (χ3n) is 6.58. The zero-order valence-electron chi connectivity index (χ0n) is 19.5.